The molecule has 2 atom stereocenters. The molecule has 0 radical (unpaired) electrons. The summed E-state index contributed by atoms with van der Waals surface area (Å²) in [5.41, 5.74) is -0.684. The SMILES string of the molecule is CC(C)NC(=O)[C@H]1CCC[C@H]1Nc1nc(Nc2ccc(NC(=O)OC(C)(C)C)cc2)ncc1C(F)(F)F. The lowest BCUT2D eigenvalue weighted by Gasteiger charge is -2.24. The highest BCUT2D eigenvalue weighted by Gasteiger charge is 2.39. The number of nitrogens with one attached hydrogen (secondary N) is 4. The number of hydrogen-bond donors (Lipinski definition) is 4. The normalized spacial score (nSPS) is 17.9. The third-order valence-corrected chi connectivity index (χ3v) is 5.49. The van der Waals surface area contributed by atoms with E-state index >= 15 is 0 Å². The molecule has 0 saturated heterocycles. The van der Waals surface area contributed by atoms with Crippen LogP contribution in [0, 0.1) is 5.92 Å². The molecule has 0 bridgehead atoms. The van der Waals surface area contributed by atoms with Gasteiger partial charge in [0.05, 0.1) is 5.92 Å². The van der Waals surface area contributed by atoms with Gasteiger partial charge >= 0.3 is 12.3 Å². The van der Waals surface area contributed by atoms with Gasteiger partial charge in [0.2, 0.25) is 11.9 Å². The highest BCUT2D eigenvalue weighted by molar-refractivity contribution is 5.85. The molecule has 37 heavy (non-hydrogen) atoms. The van der Waals surface area contributed by atoms with Crippen molar-refractivity contribution < 1.29 is 27.5 Å². The van der Waals surface area contributed by atoms with Crippen LogP contribution < -0.4 is 21.3 Å². The van der Waals surface area contributed by atoms with Crippen LogP contribution in [-0.2, 0) is 15.7 Å². The van der Waals surface area contributed by atoms with E-state index in [1.807, 2.05) is 13.8 Å². The Labute approximate surface area is 214 Å². The van der Waals surface area contributed by atoms with Crippen molar-refractivity contribution in [1.29, 1.82) is 0 Å². The number of hydrogen-bond acceptors (Lipinski definition) is 7. The minimum atomic E-state index is -4.68. The molecule has 1 saturated carbocycles. The lowest BCUT2D eigenvalue weighted by Crippen LogP contribution is -2.41. The monoisotopic (exact) mass is 522 g/mol. The van der Waals surface area contributed by atoms with Gasteiger partial charge in [-0.15, -0.1) is 0 Å². The molecule has 2 amide bonds. The molecule has 0 spiro atoms. The zero-order chi connectivity index (χ0) is 27.4. The lowest BCUT2D eigenvalue weighted by atomic mass is 10.0. The number of rotatable bonds is 7. The summed E-state index contributed by atoms with van der Waals surface area (Å²) in [6.45, 7) is 8.92. The Balaban J connectivity index is 1.75. The molecular formula is C25H33F3N6O3. The number of halogens is 3. The van der Waals surface area contributed by atoms with E-state index in [9.17, 15) is 22.8 Å². The molecule has 9 nitrogen and oxygen atoms in total. The molecule has 0 unspecified atom stereocenters. The number of carbonyl (C=O) groups is 2. The van der Waals surface area contributed by atoms with E-state index in [-0.39, 0.29) is 23.7 Å². The van der Waals surface area contributed by atoms with Gasteiger partial charge in [-0.25, -0.2) is 9.78 Å². The van der Waals surface area contributed by atoms with E-state index < -0.39 is 35.4 Å². The van der Waals surface area contributed by atoms with E-state index in [0.29, 0.717) is 30.4 Å². The Kier molecular flexibility index (Phi) is 8.49. The van der Waals surface area contributed by atoms with E-state index in [0.717, 1.165) is 6.42 Å². The van der Waals surface area contributed by atoms with Crippen LogP contribution in [0.15, 0.2) is 30.5 Å². The van der Waals surface area contributed by atoms with Crippen molar-refractivity contribution in [3.63, 3.8) is 0 Å². The average Bonchev–Trinajstić information content (AvgIpc) is 3.21. The second-order valence-electron chi connectivity index (χ2n) is 10.2. The predicted molar refractivity (Wildman–Crippen MR) is 135 cm³/mol. The van der Waals surface area contributed by atoms with E-state index in [1.165, 1.54) is 0 Å². The maximum Gasteiger partial charge on any atom is 0.421 e. The molecule has 12 heteroatoms. The first-order valence-electron chi connectivity index (χ1n) is 12.1. The fourth-order valence-corrected chi connectivity index (χ4v) is 3.96. The van der Waals surface area contributed by atoms with Crippen LogP contribution in [-0.4, -0.2) is 39.7 Å². The Morgan fingerprint density at radius 2 is 1.70 bits per heavy atom. The molecule has 1 heterocycles. The van der Waals surface area contributed by atoms with Crippen LogP contribution in [0.2, 0.25) is 0 Å². The predicted octanol–water partition coefficient (Wildman–Crippen LogP) is 5.69. The van der Waals surface area contributed by atoms with Gasteiger partial charge in [0.25, 0.3) is 0 Å². The van der Waals surface area contributed by atoms with Gasteiger partial charge in [0, 0.05) is 29.7 Å². The Morgan fingerprint density at radius 3 is 2.30 bits per heavy atom. The molecule has 4 N–H and O–H groups in total. The second kappa shape index (κ2) is 11.2. The first-order chi connectivity index (χ1) is 17.2. The quantitative estimate of drug-likeness (QED) is 0.369. The van der Waals surface area contributed by atoms with Crippen molar-refractivity contribution in [2.24, 2.45) is 5.92 Å². The molecule has 3 rings (SSSR count). The first-order valence-corrected chi connectivity index (χ1v) is 12.1. The van der Waals surface area contributed by atoms with Gasteiger partial charge < -0.3 is 20.7 Å². The van der Waals surface area contributed by atoms with Gasteiger partial charge in [-0.3, -0.25) is 10.1 Å². The number of benzene rings is 1. The maximum atomic E-state index is 13.7. The highest BCUT2D eigenvalue weighted by atomic mass is 19.4. The minimum absolute atomic E-state index is 0.0514. The second-order valence-corrected chi connectivity index (χ2v) is 10.2. The Hall–Kier alpha value is -3.57. The molecule has 202 valence electrons. The minimum Gasteiger partial charge on any atom is -0.444 e. The van der Waals surface area contributed by atoms with Gasteiger partial charge in [0.1, 0.15) is 17.0 Å². The fraction of sp³-hybridized carbons (Fsp3) is 0.520. The van der Waals surface area contributed by atoms with Crippen molar-refractivity contribution in [3.8, 4) is 0 Å². The van der Waals surface area contributed by atoms with Crippen molar-refractivity contribution in [1.82, 2.24) is 15.3 Å². The summed E-state index contributed by atoms with van der Waals surface area (Å²) in [7, 11) is 0. The number of carbonyl (C=O) groups excluding carboxylic acids is 2. The molecule has 2 aromatic rings. The number of alkyl halides is 3. The summed E-state index contributed by atoms with van der Waals surface area (Å²) in [6.07, 6.45) is -2.72. The van der Waals surface area contributed by atoms with Crippen molar-refractivity contribution >= 4 is 35.1 Å². The molecule has 1 fully saturated rings. The summed E-state index contributed by atoms with van der Waals surface area (Å²) in [5.74, 6) is -1.09. The summed E-state index contributed by atoms with van der Waals surface area (Å²) in [5, 5.41) is 11.2. The smallest absolute Gasteiger partial charge is 0.421 e. The molecule has 1 aliphatic rings. The fourth-order valence-electron chi connectivity index (χ4n) is 3.96. The van der Waals surface area contributed by atoms with Crippen LogP contribution in [0.4, 0.5) is 41.1 Å². The van der Waals surface area contributed by atoms with Crippen molar-refractivity contribution in [3.05, 3.63) is 36.0 Å². The average molecular weight is 523 g/mol. The molecular weight excluding hydrogens is 489 g/mol. The van der Waals surface area contributed by atoms with Gasteiger partial charge in [-0.1, -0.05) is 6.42 Å². The number of ether oxygens (including phenoxy) is 1. The van der Waals surface area contributed by atoms with E-state index in [2.05, 4.69) is 31.2 Å². The van der Waals surface area contributed by atoms with E-state index in [1.54, 1.807) is 45.0 Å². The van der Waals surface area contributed by atoms with Gasteiger partial charge in [-0.05, 0) is 71.7 Å². The van der Waals surface area contributed by atoms with Gasteiger partial charge in [-0.2, -0.15) is 18.2 Å². The summed E-state index contributed by atoms with van der Waals surface area (Å²) >= 11 is 0. The molecule has 1 aromatic heterocycles. The number of nitrogens with zero attached hydrogens (tertiary/aromatic N) is 2. The summed E-state index contributed by atoms with van der Waals surface area (Å²) in [6, 6.07) is 5.88. The summed E-state index contributed by atoms with van der Waals surface area (Å²) in [4.78, 5) is 32.4. The van der Waals surface area contributed by atoms with Crippen LogP contribution in [0.5, 0.6) is 0 Å². The standard InChI is InChI=1S/C25H33F3N6O3/c1-14(2)30-21(35)17-7-6-8-19(17)33-20-18(25(26,27)28)13-29-22(34-20)31-15-9-11-16(12-10-15)32-23(36)37-24(3,4)5/h9-14,17,19H,6-8H2,1-5H3,(H,30,35)(H,32,36)(H2,29,31,33,34)/t17-,19+/m0/s1. The highest BCUT2D eigenvalue weighted by Crippen LogP contribution is 2.36. The van der Waals surface area contributed by atoms with Gasteiger partial charge in [0.15, 0.2) is 0 Å². The number of amides is 2. The van der Waals surface area contributed by atoms with E-state index in [4.69, 9.17) is 4.74 Å². The van der Waals surface area contributed by atoms with Crippen LogP contribution in [0.25, 0.3) is 0 Å². The Morgan fingerprint density at radius 1 is 1.05 bits per heavy atom. The third-order valence-electron chi connectivity index (χ3n) is 5.49. The van der Waals surface area contributed by atoms with Crippen LogP contribution in [0.3, 0.4) is 0 Å². The topological polar surface area (TPSA) is 117 Å². The lowest BCUT2D eigenvalue weighted by molar-refractivity contribution is -0.137. The first kappa shape index (κ1) is 28.0. The largest absolute Gasteiger partial charge is 0.444 e. The zero-order valence-corrected chi connectivity index (χ0v) is 21.5. The van der Waals surface area contributed by atoms with Crippen LogP contribution in [0.1, 0.15) is 59.4 Å². The summed E-state index contributed by atoms with van der Waals surface area (Å²) < 4.78 is 46.3. The molecule has 0 aliphatic heterocycles. The molecule has 1 aliphatic carbocycles. The number of aromatic nitrogens is 2. The molecule has 1 aromatic carbocycles. The number of anilines is 4. The van der Waals surface area contributed by atoms with Crippen LogP contribution >= 0.6 is 0 Å². The van der Waals surface area contributed by atoms with Crippen molar-refractivity contribution in [2.45, 2.75) is 77.7 Å². The third kappa shape index (κ3) is 8.22. The zero-order valence-electron chi connectivity index (χ0n) is 21.5. The Bertz CT molecular complexity index is 1100. The van der Waals surface area contributed by atoms with Crippen molar-refractivity contribution in [2.75, 3.05) is 16.0 Å². The maximum absolute atomic E-state index is 13.7.